The zero-order valence-corrected chi connectivity index (χ0v) is 7.86. The molecule has 0 bridgehead atoms. The Kier molecular flexibility index (Phi) is 6.31. The van der Waals surface area contributed by atoms with E-state index < -0.39 is 0 Å². The van der Waals surface area contributed by atoms with Crippen LogP contribution in [0.1, 0.15) is 6.92 Å². The average molecular weight is 190 g/mol. The van der Waals surface area contributed by atoms with Gasteiger partial charge in [0.05, 0.1) is 13.2 Å². The first kappa shape index (κ1) is 11.1. The molecule has 0 aliphatic carbocycles. The molecule has 0 aromatic carbocycles. The van der Waals surface area contributed by atoms with E-state index in [0.29, 0.717) is 19.8 Å². The number of nitrogens with two attached hydrogens (primary N) is 2. The Morgan fingerprint density at radius 3 is 2.75 bits per heavy atom. The molecule has 0 atom stereocenters. The maximum absolute atomic E-state index is 5.37. The van der Waals surface area contributed by atoms with E-state index in [1.807, 2.05) is 6.92 Å². The molecule has 0 saturated carbocycles. The van der Waals surface area contributed by atoms with Gasteiger partial charge in [-0.2, -0.15) is 0 Å². The van der Waals surface area contributed by atoms with Gasteiger partial charge in [0, 0.05) is 6.61 Å². The Hall–Kier alpha value is -0.880. The van der Waals surface area contributed by atoms with Gasteiger partial charge in [-0.25, -0.2) is 0 Å². The molecule has 0 rings (SSSR count). The Morgan fingerprint density at radius 1 is 1.58 bits per heavy atom. The van der Waals surface area contributed by atoms with Gasteiger partial charge in [0.2, 0.25) is 0 Å². The second-order valence-electron chi connectivity index (χ2n) is 1.95. The second-order valence-corrected chi connectivity index (χ2v) is 2.39. The fourth-order valence-corrected chi connectivity index (χ4v) is 0.645. The Balaban J connectivity index is 3.48. The minimum absolute atomic E-state index is 0.118. The summed E-state index contributed by atoms with van der Waals surface area (Å²) in [5.41, 5.74) is 10.5. The molecule has 0 aliphatic rings. The molecule has 0 unspecified atom stereocenters. The van der Waals surface area contributed by atoms with E-state index in [9.17, 15) is 0 Å². The fourth-order valence-electron chi connectivity index (χ4n) is 0.541. The monoisotopic (exact) mass is 190 g/mol. The third-order valence-corrected chi connectivity index (χ3v) is 1.08. The van der Waals surface area contributed by atoms with Crippen LogP contribution < -0.4 is 16.8 Å². The zero-order chi connectivity index (χ0) is 9.40. The summed E-state index contributed by atoms with van der Waals surface area (Å²) in [5.74, 6) is 0.224. The molecule has 0 radical (unpaired) electrons. The van der Waals surface area contributed by atoms with Crippen LogP contribution in [0, 0.1) is 0 Å². The first-order valence-electron chi connectivity index (χ1n) is 3.61. The lowest BCUT2D eigenvalue weighted by atomic mass is 10.7. The summed E-state index contributed by atoms with van der Waals surface area (Å²) in [4.78, 5) is 3.89. The molecule has 0 aliphatic heterocycles. The zero-order valence-electron chi connectivity index (χ0n) is 7.04. The minimum Gasteiger partial charge on any atom is -0.380 e. The first-order valence-corrected chi connectivity index (χ1v) is 4.01. The van der Waals surface area contributed by atoms with Crippen molar-refractivity contribution in [2.75, 3.05) is 19.8 Å². The quantitative estimate of drug-likeness (QED) is 0.233. The molecule has 12 heavy (non-hydrogen) atoms. The highest BCUT2D eigenvalue weighted by Crippen LogP contribution is 1.75. The van der Waals surface area contributed by atoms with Crippen molar-refractivity contribution in [3.8, 4) is 0 Å². The van der Waals surface area contributed by atoms with Crippen LogP contribution in [-0.2, 0) is 4.74 Å². The number of hydrogen-bond acceptors (Lipinski definition) is 3. The maximum atomic E-state index is 5.37. The number of aliphatic imine (C=N–C) groups is 1. The minimum atomic E-state index is 0.118. The van der Waals surface area contributed by atoms with Crippen LogP contribution in [0.2, 0.25) is 0 Å². The van der Waals surface area contributed by atoms with E-state index >= 15 is 0 Å². The topological polar surface area (TPSA) is 85.7 Å². The highest BCUT2D eigenvalue weighted by molar-refractivity contribution is 7.80. The highest BCUT2D eigenvalue weighted by atomic mass is 32.1. The smallest absolute Gasteiger partial charge is 0.194 e. The van der Waals surface area contributed by atoms with Crippen LogP contribution >= 0.6 is 12.2 Å². The average Bonchev–Trinajstić information content (AvgIpc) is 1.97. The normalized spacial score (nSPS) is 11.2. The van der Waals surface area contributed by atoms with Crippen molar-refractivity contribution in [1.82, 2.24) is 5.32 Å². The van der Waals surface area contributed by atoms with Crippen molar-refractivity contribution < 1.29 is 4.74 Å². The number of guanidine groups is 1. The van der Waals surface area contributed by atoms with Crippen molar-refractivity contribution >= 4 is 23.3 Å². The maximum Gasteiger partial charge on any atom is 0.194 e. The van der Waals surface area contributed by atoms with Crippen molar-refractivity contribution in [1.29, 1.82) is 0 Å². The molecule has 5 nitrogen and oxygen atoms in total. The predicted molar refractivity (Wildman–Crippen MR) is 52.9 cm³/mol. The van der Waals surface area contributed by atoms with Crippen molar-refractivity contribution in [3.63, 3.8) is 0 Å². The molecule has 0 heterocycles. The lowest BCUT2D eigenvalue weighted by molar-refractivity contribution is 0.156. The summed E-state index contributed by atoms with van der Waals surface area (Å²) >= 11 is 4.55. The number of nitrogens with one attached hydrogen (secondary N) is 1. The number of hydrogen-bond donors (Lipinski definition) is 3. The van der Waals surface area contributed by atoms with Crippen LogP contribution in [0.5, 0.6) is 0 Å². The Labute approximate surface area is 77.2 Å². The van der Waals surface area contributed by atoms with Crippen molar-refractivity contribution in [2.45, 2.75) is 6.92 Å². The molecule has 5 N–H and O–H groups in total. The van der Waals surface area contributed by atoms with Crippen LogP contribution in [0.3, 0.4) is 0 Å². The summed E-state index contributed by atoms with van der Waals surface area (Å²) in [6, 6.07) is 0. The second kappa shape index (κ2) is 6.81. The standard InChI is InChI=1S/C6H14N4OS/c1-2-11-4-3-9-5(7)10-6(8)12/h2-4H2,1H3,(H5,7,8,9,10,12). The Morgan fingerprint density at radius 2 is 2.25 bits per heavy atom. The van der Waals surface area contributed by atoms with Crippen LogP contribution in [0.15, 0.2) is 4.99 Å². The number of ether oxygens (including phenoxy) is 1. The van der Waals surface area contributed by atoms with Crippen molar-refractivity contribution in [3.05, 3.63) is 0 Å². The van der Waals surface area contributed by atoms with Gasteiger partial charge in [-0.1, -0.05) is 0 Å². The molecule has 0 fully saturated rings. The van der Waals surface area contributed by atoms with Gasteiger partial charge in [0.15, 0.2) is 11.1 Å². The van der Waals surface area contributed by atoms with Crippen LogP contribution in [0.4, 0.5) is 0 Å². The van der Waals surface area contributed by atoms with Gasteiger partial charge >= 0.3 is 0 Å². The van der Waals surface area contributed by atoms with Crippen LogP contribution in [0.25, 0.3) is 0 Å². The molecule has 0 amide bonds. The summed E-state index contributed by atoms with van der Waals surface area (Å²) in [6.45, 7) is 3.66. The van der Waals surface area contributed by atoms with Gasteiger partial charge in [0.1, 0.15) is 0 Å². The summed E-state index contributed by atoms with van der Waals surface area (Å²) in [6.07, 6.45) is 0. The van der Waals surface area contributed by atoms with Gasteiger partial charge < -0.3 is 21.5 Å². The molecular weight excluding hydrogens is 176 g/mol. The van der Waals surface area contributed by atoms with E-state index in [0.717, 1.165) is 0 Å². The van der Waals surface area contributed by atoms with Crippen LogP contribution in [-0.4, -0.2) is 30.8 Å². The third-order valence-electron chi connectivity index (χ3n) is 0.973. The first-order chi connectivity index (χ1) is 5.66. The van der Waals surface area contributed by atoms with E-state index in [1.54, 1.807) is 0 Å². The molecule has 0 aromatic heterocycles. The SMILES string of the molecule is CCOCCN=C(N)NC(N)=S. The fraction of sp³-hybridized carbons (Fsp3) is 0.667. The molecule has 0 aromatic rings. The lowest BCUT2D eigenvalue weighted by Crippen LogP contribution is -2.40. The van der Waals surface area contributed by atoms with E-state index in [1.165, 1.54) is 0 Å². The van der Waals surface area contributed by atoms with Gasteiger partial charge in [-0.05, 0) is 19.1 Å². The van der Waals surface area contributed by atoms with E-state index in [-0.39, 0.29) is 11.1 Å². The van der Waals surface area contributed by atoms with Gasteiger partial charge in [-0.3, -0.25) is 4.99 Å². The predicted octanol–water partition coefficient (Wildman–Crippen LogP) is -0.829. The van der Waals surface area contributed by atoms with Crippen molar-refractivity contribution in [2.24, 2.45) is 16.5 Å². The molecule has 70 valence electrons. The molecule has 0 spiro atoms. The summed E-state index contributed by atoms with van der Waals surface area (Å²) in [5, 5.41) is 2.62. The number of thiocarbonyl (C=S) groups is 1. The van der Waals surface area contributed by atoms with E-state index in [4.69, 9.17) is 16.2 Å². The molecular formula is C6H14N4OS. The lowest BCUT2D eigenvalue weighted by Gasteiger charge is -2.01. The largest absolute Gasteiger partial charge is 0.380 e. The number of rotatable bonds is 4. The Bertz CT molecular complexity index is 171. The third kappa shape index (κ3) is 7.23. The van der Waals surface area contributed by atoms with E-state index in [2.05, 4.69) is 22.5 Å². The van der Waals surface area contributed by atoms with Gasteiger partial charge in [-0.15, -0.1) is 0 Å². The summed E-state index contributed by atoms with van der Waals surface area (Å²) in [7, 11) is 0. The van der Waals surface area contributed by atoms with Gasteiger partial charge in [0.25, 0.3) is 0 Å². The number of nitrogens with zero attached hydrogens (tertiary/aromatic N) is 1. The highest BCUT2D eigenvalue weighted by Gasteiger charge is 1.90. The molecule has 0 saturated heterocycles. The summed E-state index contributed by atoms with van der Waals surface area (Å²) < 4.78 is 5.03. The molecule has 6 heteroatoms.